The van der Waals surface area contributed by atoms with Gasteiger partial charge in [0.2, 0.25) is 5.91 Å². The molecule has 3 heterocycles. The maximum atomic E-state index is 12.8. The van der Waals surface area contributed by atoms with E-state index in [1.807, 2.05) is 6.20 Å². The first-order valence-electron chi connectivity index (χ1n) is 11.4. The molecule has 29 heavy (non-hydrogen) atoms. The molecule has 2 aliphatic carbocycles. The van der Waals surface area contributed by atoms with E-state index in [2.05, 4.69) is 28.5 Å². The van der Waals surface area contributed by atoms with Crippen molar-refractivity contribution >= 4 is 22.8 Å². The van der Waals surface area contributed by atoms with Crippen LogP contribution in [0.25, 0.3) is 0 Å². The van der Waals surface area contributed by atoms with Crippen LogP contribution in [0.2, 0.25) is 0 Å². The number of carbonyl (C=O) groups is 1. The largest absolute Gasteiger partial charge is 0.384 e. The molecule has 0 spiro atoms. The van der Waals surface area contributed by atoms with Crippen molar-refractivity contribution in [2.75, 3.05) is 13.1 Å². The van der Waals surface area contributed by atoms with Crippen LogP contribution in [0.15, 0.2) is 17.3 Å². The van der Waals surface area contributed by atoms with Gasteiger partial charge in [0.1, 0.15) is 6.23 Å². The quantitative estimate of drug-likeness (QED) is 0.640. The third kappa shape index (κ3) is 3.86. The van der Waals surface area contributed by atoms with Gasteiger partial charge in [-0.2, -0.15) is 0 Å². The summed E-state index contributed by atoms with van der Waals surface area (Å²) in [6.45, 7) is 3.89. The summed E-state index contributed by atoms with van der Waals surface area (Å²) in [4.78, 5) is 20.1. The molecule has 5 rings (SSSR count). The normalized spacial score (nSPS) is 42.6. The van der Waals surface area contributed by atoms with Crippen molar-refractivity contribution in [3.8, 4) is 0 Å². The van der Waals surface area contributed by atoms with Crippen molar-refractivity contribution in [3.05, 3.63) is 12.3 Å². The van der Waals surface area contributed by atoms with Crippen LogP contribution in [0.3, 0.4) is 0 Å². The van der Waals surface area contributed by atoms with Gasteiger partial charge in [-0.05, 0) is 82.7 Å². The van der Waals surface area contributed by atoms with Gasteiger partial charge in [0, 0.05) is 13.1 Å². The van der Waals surface area contributed by atoms with E-state index < -0.39 is 11.0 Å². The number of thioether (sulfide) groups is 1. The van der Waals surface area contributed by atoms with Crippen LogP contribution in [0, 0.1) is 11.8 Å². The average molecular weight is 419 g/mol. The first-order valence-corrected chi connectivity index (χ1v) is 12.2. The Balaban J connectivity index is 1.16. The van der Waals surface area contributed by atoms with E-state index in [4.69, 9.17) is 4.99 Å². The fourth-order valence-corrected chi connectivity index (χ4v) is 7.41. The summed E-state index contributed by atoms with van der Waals surface area (Å²) in [7, 11) is 0. The maximum Gasteiger partial charge on any atom is 0.242 e. The smallest absolute Gasteiger partial charge is 0.242 e. The van der Waals surface area contributed by atoms with Crippen molar-refractivity contribution in [1.29, 1.82) is 0 Å². The minimum absolute atomic E-state index is 0.115. The van der Waals surface area contributed by atoms with E-state index in [9.17, 15) is 9.90 Å². The number of amidine groups is 1. The van der Waals surface area contributed by atoms with Gasteiger partial charge in [0.15, 0.2) is 5.17 Å². The molecule has 0 aromatic rings. The summed E-state index contributed by atoms with van der Waals surface area (Å²) < 4.78 is -0.408. The van der Waals surface area contributed by atoms with Crippen LogP contribution in [0.5, 0.6) is 0 Å². The highest BCUT2D eigenvalue weighted by atomic mass is 32.2. The summed E-state index contributed by atoms with van der Waals surface area (Å²) in [6, 6.07) is 0.115. The molecular weight excluding hydrogens is 384 g/mol. The number of hydrogen-bond acceptors (Lipinski definition) is 6. The summed E-state index contributed by atoms with van der Waals surface area (Å²) in [5.74, 6) is 1.52. The van der Waals surface area contributed by atoms with E-state index in [0.717, 1.165) is 49.9 Å². The Labute approximate surface area is 178 Å². The molecular formula is C22H34N4O2S. The van der Waals surface area contributed by atoms with E-state index in [1.165, 1.54) is 32.1 Å². The van der Waals surface area contributed by atoms with Gasteiger partial charge in [-0.25, -0.2) is 0 Å². The van der Waals surface area contributed by atoms with Crippen LogP contribution < -0.4 is 10.6 Å². The van der Waals surface area contributed by atoms with E-state index >= 15 is 0 Å². The summed E-state index contributed by atoms with van der Waals surface area (Å²) >= 11 is 1.67. The first kappa shape index (κ1) is 19.9. The molecule has 2 saturated heterocycles. The number of rotatable bonds is 5. The van der Waals surface area contributed by atoms with Gasteiger partial charge in [-0.3, -0.25) is 14.7 Å². The third-order valence-corrected chi connectivity index (χ3v) is 9.13. The Bertz CT molecular complexity index is 702. The molecule has 4 fully saturated rings. The summed E-state index contributed by atoms with van der Waals surface area (Å²) in [5, 5.41) is 17.8. The Morgan fingerprint density at radius 1 is 1.31 bits per heavy atom. The second kappa shape index (κ2) is 7.57. The molecule has 160 valence electrons. The number of nitrogens with zero attached hydrogens (tertiary/aromatic N) is 2. The molecule has 0 aromatic heterocycles. The average Bonchev–Trinajstić information content (AvgIpc) is 3.48. The van der Waals surface area contributed by atoms with E-state index in [0.29, 0.717) is 5.92 Å². The zero-order chi connectivity index (χ0) is 20.1. The highest BCUT2D eigenvalue weighted by molar-refractivity contribution is 8.16. The number of fused-ring (bicyclic) bond motifs is 2. The monoisotopic (exact) mass is 418 g/mol. The topological polar surface area (TPSA) is 77.0 Å². The number of aliphatic imine (C=N–C) groups is 1. The lowest BCUT2D eigenvalue weighted by Gasteiger charge is -2.38. The summed E-state index contributed by atoms with van der Waals surface area (Å²) in [5.41, 5.74) is 0.121. The Morgan fingerprint density at radius 3 is 2.69 bits per heavy atom. The molecule has 0 radical (unpaired) electrons. The number of nitrogens with one attached hydrogen (secondary N) is 2. The van der Waals surface area contributed by atoms with Crippen molar-refractivity contribution in [2.45, 2.75) is 87.3 Å². The minimum atomic E-state index is -0.426. The van der Waals surface area contributed by atoms with Gasteiger partial charge in [-0.15, -0.1) is 0 Å². The van der Waals surface area contributed by atoms with Crippen LogP contribution in [-0.4, -0.2) is 56.7 Å². The fraction of sp³-hybridized carbons (Fsp3) is 0.818. The molecule has 6 nitrogen and oxygen atoms in total. The van der Waals surface area contributed by atoms with Crippen LogP contribution >= 0.6 is 11.8 Å². The lowest BCUT2D eigenvalue weighted by molar-refractivity contribution is -0.121. The number of piperidine rings is 1. The molecule has 1 amide bonds. The van der Waals surface area contributed by atoms with Gasteiger partial charge in [0.05, 0.1) is 16.3 Å². The number of amides is 1. The summed E-state index contributed by atoms with van der Waals surface area (Å²) in [6.07, 6.45) is 13.7. The maximum absolute atomic E-state index is 12.8. The molecule has 2 bridgehead atoms. The molecule has 3 unspecified atom stereocenters. The zero-order valence-electron chi connectivity index (χ0n) is 17.4. The number of aliphatic hydroxyl groups is 1. The molecule has 3 aliphatic heterocycles. The van der Waals surface area contributed by atoms with E-state index in [1.54, 1.807) is 11.8 Å². The molecule has 7 heteroatoms. The molecule has 0 aromatic carbocycles. The Hall–Kier alpha value is -1.05. The van der Waals surface area contributed by atoms with Crippen molar-refractivity contribution in [2.24, 2.45) is 16.8 Å². The highest BCUT2D eigenvalue weighted by Gasteiger charge is 2.48. The lowest BCUT2D eigenvalue weighted by atomic mass is 9.86. The first-order chi connectivity index (χ1) is 13.9. The zero-order valence-corrected chi connectivity index (χ0v) is 18.2. The fourth-order valence-electron chi connectivity index (χ4n) is 6.14. The molecule has 3 atom stereocenters. The number of carbonyl (C=O) groups excluding carboxylic acids is 1. The number of aliphatic hydroxyl groups excluding tert-OH is 1. The van der Waals surface area contributed by atoms with Gasteiger partial charge >= 0.3 is 0 Å². The number of hydrogen-bond donors (Lipinski definition) is 3. The lowest BCUT2D eigenvalue weighted by Crippen LogP contribution is -2.50. The van der Waals surface area contributed by atoms with Gasteiger partial charge in [0.25, 0.3) is 0 Å². The Kier molecular flexibility index (Phi) is 5.19. The standard InChI is InChI=1S/C22H34N4O2S/c1-21(13-16-6-11-26(12-7-16)18(27)17-3-2-10-23-17)19(28)24-20(29-21)25-22-8-4-15(14-22)5-9-22/h2,10,15-18,23,27H,3-9,11-14H2,1H3,(H,24,25,28). The highest BCUT2D eigenvalue weighted by Crippen LogP contribution is 2.51. The SMILES string of the molecule is CC1(CC2CCN(C(O)C3CC=CN3)CC2)SC(=NC23CCC(CC2)C3)NC1=O. The van der Waals surface area contributed by atoms with Crippen LogP contribution in [-0.2, 0) is 4.79 Å². The molecule has 3 N–H and O–H groups in total. The molecule has 2 saturated carbocycles. The van der Waals surface area contributed by atoms with Crippen molar-refractivity contribution < 1.29 is 9.90 Å². The third-order valence-electron chi connectivity index (χ3n) is 7.95. The van der Waals surface area contributed by atoms with E-state index in [-0.39, 0.29) is 17.5 Å². The van der Waals surface area contributed by atoms with Crippen molar-refractivity contribution in [3.63, 3.8) is 0 Å². The predicted octanol–water partition coefficient (Wildman–Crippen LogP) is 2.59. The number of likely N-dealkylation sites (tertiary alicyclic amines) is 1. The second-order valence-corrected chi connectivity index (χ2v) is 11.6. The van der Waals surface area contributed by atoms with Crippen molar-refractivity contribution in [1.82, 2.24) is 15.5 Å². The Morgan fingerprint density at radius 2 is 2.07 bits per heavy atom. The van der Waals surface area contributed by atoms with Crippen LogP contribution in [0.4, 0.5) is 0 Å². The minimum Gasteiger partial charge on any atom is -0.384 e. The van der Waals surface area contributed by atoms with Gasteiger partial charge in [-0.1, -0.05) is 17.8 Å². The van der Waals surface area contributed by atoms with Crippen LogP contribution in [0.1, 0.15) is 64.7 Å². The predicted molar refractivity (Wildman–Crippen MR) is 116 cm³/mol. The second-order valence-electron chi connectivity index (χ2n) is 10.1. The molecule has 5 aliphatic rings. The van der Waals surface area contributed by atoms with Gasteiger partial charge < -0.3 is 15.7 Å².